The summed E-state index contributed by atoms with van der Waals surface area (Å²) < 4.78 is 11.3. The van der Waals surface area contributed by atoms with Crippen LogP contribution in [0.1, 0.15) is 36.8 Å². The molecule has 2 aromatic rings. The minimum atomic E-state index is -0.252. The molecule has 0 bridgehead atoms. The fraction of sp³-hybridized carbons (Fsp3) is 0.375. The first-order valence-electron chi connectivity index (χ1n) is 6.66. The minimum absolute atomic E-state index is 0.252. The van der Waals surface area contributed by atoms with Gasteiger partial charge in [0.1, 0.15) is 0 Å². The van der Waals surface area contributed by atoms with Crippen LogP contribution in [0.5, 0.6) is 0 Å². The van der Waals surface area contributed by atoms with Crippen molar-refractivity contribution in [2.45, 2.75) is 26.6 Å². The van der Waals surface area contributed by atoms with Gasteiger partial charge in [0, 0.05) is 18.8 Å². The molecule has 1 heterocycles. The van der Waals surface area contributed by atoms with Crippen molar-refractivity contribution in [3.05, 3.63) is 57.8 Å². The Labute approximate surface area is 119 Å². The Hall–Kier alpha value is -1.16. The van der Waals surface area contributed by atoms with Gasteiger partial charge in [-0.05, 0) is 48.2 Å². The molecule has 0 N–H and O–H groups in total. The van der Waals surface area contributed by atoms with Crippen molar-refractivity contribution in [1.82, 2.24) is 0 Å². The van der Waals surface area contributed by atoms with Gasteiger partial charge in [0.2, 0.25) is 0 Å². The monoisotopic (exact) mass is 276 g/mol. The lowest BCUT2D eigenvalue weighted by atomic mass is 10.0. The van der Waals surface area contributed by atoms with E-state index in [2.05, 4.69) is 41.1 Å². The number of thiophene rings is 1. The summed E-state index contributed by atoms with van der Waals surface area (Å²) in [6, 6.07) is 10.6. The number of hydrogen-bond acceptors (Lipinski definition) is 3. The Kier molecular flexibility index (Phi) is 5.58. The molecule has 3 heteroatoms. The summed E-state index contributed by atoms with van der Waals surface area (Å²) in [6.07, 6.45) is 0.708. The van der Waals surface area contributed by atoms with Crippen LogP contribution < -0.4 is 0 Å². The second-order valence-electron chi connectivity index (χ2n) is 4.30. The van der Waals surface area contributed by atoms with Crippen molar-refractivity contribution in [3.8, 4) is 0 Å². The van der Waals surface area contributed by atoms with E-state index in [4.69, 9.17) is 9.47 Å². The lowest BCUT2D eigenvalue weighted by Gasteiger charge is -2.17. The van der Waals surface area contributed by atoms with Gasteiger partial charge in [-0.1, -0.05) is 24.3 Å². The highest BCUT2D eigenvalue weighted by Gasteiger charge is 2.11. The van der Waals surface area contributed by atoms with Gasteiger partial charge in [-0.15, -0.1) is 0 Å². The largest absolute Gasteiger partial charge is 0.349 e. The first-order chi connectivity index (χ1) is 9.33. The highest BCUT2D eigenvalue weighted by atomic mass is 32.1. The summed E-state index contributed by atoms with van der Waals surface area (Å²) in [5.74, 6) is 0. The number of hydrogen-bond donors (Lipinski definition) is 0. The third kappa shape index (κ3) is 4.16. The summed E-state index contributed by atoms with van der Waals surface area (Å²) in [4.78, 5) is 0. The SMILES string of the molecule is CCOC(OCC)c1cccc(Cc2ccsc2)c1. The first-order valence-corrected chi connectivity index (χ1v) is 7.61. The lowest BCUT2D eigenvalue weighted by Crippen LogP contribution is -2.09. The molecule has 0 atom stereocenters. The summed E-state index contributed by atoms with van der Waals surface area (Å²) in [6.45, 7) is 5.28. The zero-order chi connectivity index (χ0) is 13.5. The van der Waals surface area contributed by atoms with Crippen LogP contribution in [0.25, 0.3) is 0 Å². The predicted octanol–water partition coefficient (Wildman–Crippen LogP) is 4.41. The molecule has 2 rings (SSSR count). The maximum Gasteiger partial charge on any atom is 0.183 e. The van der Waals surface area contributed by atoms with Crippen molar-refractivity contribution in [1.29, 1.82) is 0 Å². The Morgan fingerprint density at radius 3 is 2.47 bits per heavy atom. The maximum absolute atomic E-state index is 5.64. The number of benzene rings is 1. The topological polar surface area (TPSA) is 18.5 Å². The third-order valence-electron chi connectivity index (χ3n) is 2.85. The maximum atomic E-state index is 5.64. The summed E-state index contributed by atoms with van der Waals surface area (Å²) in [7, 11) is 0. The zero-order valence-electron chi connectivity index (χ0n) is 11.5. The van der Waals surface area contributed by atoms with Crippen LogP contribution in [-0.4, -0.2) is 13.2 Å². The Morgan fingerprint density at radius 1 is 1.05 bits per heavy atom. The summed E-state index contributed by atoms with van der Waals surface area (Å²) in [5.41, 5.74) is 3.74. The molecular formula is C16H20O2S. The predicted molar refractivity (Wildman–Crippen MR) is 79.6 cm³/mol. The first kappa shape index (κ1) is 14.3. The molecule has 0 amide bonds. The van der Waals surface area contributed by atoms with E-state index in [1.54, 1.807) is 11.3 Å². The minimum Gasteiger partial charge on any atom is -0.349 e. The van der Waals surface area contributed by atoms with E-state index in [-0.39, 0.29) is 6.29 Å². The number of rotatable bonds is 7. The molecule has 0 aliphatic rings. The fourth-order valence-electron chi connectivity index (χ4n) is 2.02. The quantitative estimate of drug-likeness (QED) is 0.697. The molecule has 2 nitrogen and oxygen atoms in total. The van der Waals surface area contributed by atoms with E-state index in [0.29, 0.717) is 13.2 Å². The van der Waals surface area contributed by atoms with E-state index in [1.807, 2.05) is 13.8 Å². The second kappa shape index (κ2) is 7.43. The highest BCUT2D eigenvalue weighted by molar-refractivity contribution is 7.07. The van der Waals surface area contributed by atoms with Gasteiger partial charge in [-0.2, -0.15) is 11.3 Å². The van der Waals surface area contributed by atoms with E-state index in [9.17, 15) is 0 Å². The second-order valence-corrected chi connectivity index (χ2v) is 5.08. The number of ether oxygens (including phenoxy) is 2. The molecule has 102 valence electrons. The smallest absolute Gasteiger partial charge is 0.183 e. The molecular weight excluding hydrogens is 256 g/mol. The van der Waals surface area contributed by atoms with E-state index >= 15 is 0 Å². The van der Waals surface area contributed by atoms with Gasteiger partial charge in [-0.3, -0.25) is 0 Å². The van der Waals surface area contributed by atoms with Crippen molar-refractivity contribution < 1.29 is 9.47 Å². The molecule has 0 radical (unpaired) electrons. The molecule has 0 aliphatic heterocycles. The van der Waals surface area contributed by atoms with Crippen LogP contribution >= 0.6 is 11.3 Å². The molecule has 0 saturated carbocycles. The summed E-state index contributed by atoms with van der Waals surface area (Å²) >= 11 is 1.74. The Morgan fingerprint density at radius 2 is 1.84 bits per heavy atom. The molecule has 1 aromatic heterocycles. The average molecular weight is 276 g/mol. The van der Waals surface area contributed by atoms with Crippen LogP contribution in [0.15, 0.2) is 41.1 Å². The van der Waals surface area contributed by atoms with Gasteiger partial charge >= 0.3 is 0 Å². The summed E-state index contributed by atoms with van der Waals surface area (Å²) in [5, 5.41) is 4.30. The van der Waals surface area contributed by atoms with E-state index in [0.717, 1.165) is 12.0 Å². The van der Waals surface area contributed by atoms with Crippen LogP contribution in [0.3, 0.4) is 0 Å². The molecule has 0 spiro atoms. The van der Waals surface area contributed by atoms with Gasteiger partial charge in [0.15, 0.2) is 6.29 Å². The highest BCUT2D eigenvalue weighted by Crippen LogP contribution is 2.21. The van der Waals surface area contributed by atoms with E-state index in [1.165, 1.54) is 11.1 Å². The molecule has 1 aromatic carbocycles. The lowest BCUT2D eigenvalue weighted by molar-refractivity contribution is -0.140. The van der Waals surface area contributed by atoms with Gasteiger partial charge in [-0.25, -0.2) is 0 Å². The van der Waals surface area contributed by atoms with Crippen molar-refractivity contribution in [2.24, 2.45) is 0 Å². The molecule has 0 fully saturated rings. The fourth-order valence-corrected chi connectivity index (χ4v) is 2.69. The van der Waals surface area contributed by atoms with E-state index < -0.39 is 0 Å². The normalized spacial score (nSPS) is 11.1. The molecule has 0 aliphatic carbocycles. The zero-order valence-corrected chi connectivity index (χ0v) is 12.3. The molecule has 19 heavy (non-hydrogen) atoms. The van der Waals surface area contributed by atoms with Gasteiger partial charge in [0.05, 0.1) is 0 Å². The van der Waals surface area contributed by atoms with Crippen molar-refractivity contribution in [3.63, 3.8) is 0 Å². The van der Waals surface area contributed by atoms with Crippen LogP contribution in [0, 0.1) is 0 Å². The van der Waals surface area contributed by atoms with Crippen molar-refractivity contribution in [2.75, 3.05) is 13.2 Å². The Balaban J connectivity index is 2.12. The third-order valence-corrected chi connectivity index (χ3v) is 3.58. The Bertz CT molecular complexity index is 473. The van der Waals surface area contributed by atoms with Crippen LogP contribution in [0.2, 0.25) is 0 Å². The van der Waals surface area contributed by atoms with Gasteiger partial charge < -0.3 is 9.47 Å². The van der Waals surface area contributed by atoms with Gasteiger partial charge in [0.25, 0.3) is 0 Å². The molecule has 0 saturated heterocycles. The van der Waals surface area contributed by atoms with Crippen molar-refractivity contribution >= 4 is 11.3 Å². The average Bonchev–Trinajstić information content (AvgIpc) is 2.92. The van der Waals surface area contributed by atoms with Crippen LogP contribution in [-0.2, 0) is 15.9 Å². The standard InChI is InChI=1S/C16H20O2S/c1-3-17-16(18-4-2)15-7-5-6-13(11-15)10-14-8-9-19-12-14/h5-9,11-12,16H,3-4,10H2,1-2H3. The van der Waals surface area contributed by atoms with Crippen LogP contribution in [0.4, 0.5) is 0 Å². The molecule has 0 unspecified atom stereocenters.